The average molecular weight is 158 g/mol. The first-order chi connectivity index (χ1) is 5.81. The smallest absolute Gasteiger partial charge is 0.168 e. The quantitative estimate of drug-likeness (QED) is 0.589. The fourth-order valence-electron chi connectivity index (χ4n) is 1.20. The maximum Gasteiger partial charge on any atom is 0.168 e. The van der Waals surface area contributed by atoms with Crippen molar-refractivity contribution in [1.82, 2.24) is 5.16 Å². The van der Waals surface area contributed by atoms with Gasteiger partial charge in [-0.25, -0.2) is 0 Å². The molecule has 0 aliphatic rings. The minimum absolute atomic E-state index is 0.617. The highest BCUT2D eigenvalue weighted by molar-refractivity contribution is 5.83. The molecule has 0 aliphatic carbocycles. The minimum atomic E-state index is 0.617. The van der Waals surface area contributed by atoms with Crippen molar-refractivity contribution in [3.8, 4) is 6.07 Å². The highest BCUT2D eigenvalue weighted by atomic mass is 16.5. The first kappa shape index (κ1) is 6.86. The van der Waals surface area contributed by atoms with Crippen molar-refractivity contribution < 1.29 is 4.52 Å². The molecule has 0 N–H and O–H groups in total. The molecule has 1 heterocycles. The summed E-state index contributed by atoms with van der Waals surface area (Å²) in [7, 11) is 0. The molecular formula is C9H6N2O. The molecule has 0 radical (unpaired) electrons. The number of fused-ring (bicyclic) bond motifs is 1. The molecule has 0 unspecified atom stereocenters. The fraction of sp³-hybridized carbons (Fsp3) is 0.111. The van der Waals surface area contributed by atoms with Crippen molar-refractivity contribution in [3.63, 3.8) is 0 Å². The van der Waals surface area contributed by atoms with Crippen LogP contribution in [0.1, 0.15) is 11.1 Å². The number of hydrogen-bond acceptors (Lipinski definition) is 3. The molecule has 3 heteroatoms. The van der Waals surface area contributed by atoms with Crippen LogP contribution in [0.5, 0.6) is 0 Å². The van der Waals surface area contributed by atoms with Crippen LogP contribution in [0, 0.1) is 18.3 Å². The zero-order valence-corrected chi connectivity index (χ0v) is 6.53. The summed E-state index contributed by atoms with van der Waals surface area (Å²) < 4.78 is 4.94. The van der Waals surface area contributed by atoms with Crippen LogP contribution in [0.2, 0.25) is 0 Å². The van der Waals surface area contributed by atoms with E-state index < -0.39 is 0 Å². The molecule has 12 heavy (non-hydrogen) atoms. The summed E-state index contributed by atoms with van der Waals surface area (Å²) in [5.74, 6) is 0. The lowest BCUT2D eigenvalue weighted by Crippen LogP contribution is -1.78. The van der Waals surface area contributed by atoms with Crippen molar-refractivity contribution >= 4 is 11.0 Å². The van der Waals surface area contributed by atoms with Gasteiger partial charge in [-0.15, -0.1) is 0 Å². The van der Waals surface area contributed by atoms with Gasteiger partial charge in [0.2, 0.25) is 0 Å². The van der Waals surface area contributed by atoms with Gasteiger partial charge in [-0.1, -0.05) is 5.16 Å². The number of nitriles is 1. The van der Waals surface area contributed by atoms with Crippen molar-refractivity contribution in [2.45, 2.75) is 6.92 Å². The van der Waals surface area contributed by atoms with E-state index in [9.17, 15) is 0 Å². The molecule has 58 valence electrons. The zero-order valence-electron chi connectivity index (χ0n) is 6.53. The normalized spacial score (nSPS) is 10.0. The second-order valence-corrected chi connectivity index (χ2v) is 2.66. The van der Waals surface area contributed by atoms with Crippen LogP contribution in [0.3, 0.4) is 0 Å². The van der Waals surface area contributed by atoms with Crippen LogP contribution in [-0.2, 0) is 0 Å². The third kappa shape index (κ3) is 0.857. The van der Waals surface area contributed by atoms with E-state index in [1.54, 1.807) is 6.20 Å². The first-order valence-electron chi connectivity index (χ1n) is 3.56. The van der Waals surface area contributed by atoms with Gasteiger partial charge in [-0.2, -0.15) is 5.26 Å². The molecule has 0 aliphatic heterocycles. The second-order valence-electron chi connectivity index (χ2n) is 2.66. The molecule has 2 rings (SSSR count). The van der Waals surface area contributed by atoms with E-state index in [4.69, 9.17) is 9.78 Å². The molecule has 0 spiro atoms. The summed E-state index contributed by atoms with van der Waals surface area (Å²) in [6.07, 6.45) is 1.56. The monoisotopic (exact) mass is 158 g/mol. The van der Waals surface area contributed by atoms with Gasteiger partial charge < -0.3 is 4.52 Å². The van der Waals surface area contributed by atoms with E-state index in [0.717, 1.165) is 10.9 Å². The summed E-state index contributed by atoms with van der Waals surface area (Å²) >= 11 is 0. The number of hydrogen-bond donors (Lipinski definition) is 0. The van der Waals surface area contributed by atoms with Gasteiger partial charge in [0.1, 0.15) is 0 Å². The Morgan fingerprint density at radius 1 is 1.50 bits per heavy atom. The summed E-state index contributed by atoms with van der Waals surface area (Å²) in [6.45, 7) is 1.92. The van der Waals surface area contributed by atoms with Crippen molar-refractivity contribution in [2.24, 2.45) is 0 Å². The topological polar surface area (TPSA) is 49.8 Å². The van der Waals surface area contributed by atoms with E-state index >= 15 is 0 Å². The Bertz CT molecular complexity index is 465. The number of aryl methyl sites for hydroxylation is 1. The molecule has 1 aromatic heterocycles. The molecule has 0 fully saturated rings. The molecule has 0 bridgehead atoms. The summed E-state index contributed by atoms with van der Waals surface area (Å²) in [5.41, 5.74) is 2.30. The number of benzene rings is 1. The number of rotatable bonds is 0. The van der Waals surface area contributed by atoms with Crippen LogP contribution in [-0.4, -0.2) is 5.16 Å². The predicted molar refractivity (Wildman–Crippen MR) is 43.5 cm³/mol. The molecular weight excluding hydrogens is 152 g/mol. The first-order valence-corrected chi connectivity index (χ1v) is 3.56. The summed E-state index contributed by atoms with van der Waals surface area (Å²) in [6, 6.07) is 5.78. The van der Waals surface area contributed by atoms with Gasteiger partial charge in [0.25, 0.3) is 0 Å². The van der Waals surface area contributed by atoms with Crippen LogP contribution < -0.4 is 0 Å². The minimum Gasteiger partial charge on any atom is -0.356 e. The Morgan fingerprint density at radius 3 is 3.08 bits per heavy atom. The van der Waals surface area contributed by atoms with Gasteiger partial charge in [-0.3, -0.25) is 0 Å². The van der Waals surface area contributed by atoms with E-state index in [-0.39, 0.29) is 0 Å². The van der Waals surface area contributed by atoms with Crippen LogP contribution >= 0.6 is 0 Å². The standard InChI is InChI=1S/C9H6N2O/c1-6-2-7(4-10)8-5-11-12-9(8)3-6/h2-3,5H,1H3. The molecule has 0 saturated heterocycles. The van der Waals surface area contributed by atoms with Crippen molar-refractivity contribution in [2.75, 3.05) is 0 Å². The van der Waals surface area contributed by atoms with E-state index in [1.165, 1.54) is 0 Å². The third-order valence-electron chi connectivity index (χ3n) is 1.74. The Labute approximate surface area is 69.2 Å². The van der Waals surface area contributed by atoms with Crippen molar-refractivity contribution in [1.29, 1.82) is 5.26 Å². The maximum atomic E-state index is 8.76. The SMILES string of the molecule is Cc1cc(C#N)c2cnoc2c1. The van der Waals surface area contributed by atoms with E-state index in [0.29, 0.717) is 11.1 Å². The van der Waals surface area contributed by atoms with Crippen LogP contribution in [0.25, 0.3) is 11.0 Å². The maximum absolute atomic E-state index is 8.76. The lowest BCUT2D eigenvalue weighted by Gasteiger charge is -1.92. The Balaban J connectivity index is 2.91. The van der Waals surface area contributed by atoms with E-state index in [1.807, 2.05) is 19.1 Å². The van der Waals surface area contributed by atoms with Gasteiger partial charge in [0.05, 0.1) is 23.2 Å². The Hall–Kier alpha value is -1.82. The molecule has 0 saturated carbocycles. The largest absolute Gasteiger partial charge is 0.356 e. The molecule has 0 atom stereocenters. The Morgan fingerprint density at radius 2 is 2.33 bits per heavy atom. The zero-order chi connectivity index (χ0) is 8.55. The number of aromatic nitrogens is 1. The fourth-order valence-corrected chi connectivity index (χ4v) is 1.20. The molecule has 3 nitrogen and oxygen atoms in total. The highest BCUT2D eigenvalue weighted by Gasteiger charge is 2.04. The highest BCUT2D eigenvalue weighted by Crippen LogP contribution is 2.19. The molecule has 2 aromatic rings. The molecule has 0 amide bonds. The molecule has 1 aromatic carbocycles. The second kappa shape index (κ2) is 2.35. The van der Waals surface area contributed by atoms with Crippen LogP contribution in [0.4, 0.5) is 0 Å². The lowest BCUT2D eigenvalue weighted by atomic mass is 10.1. The summed E-state index contributed by atoms with van der Waals surface area (Å²) in [5, 5.41) is 13.2. The van der Waals surface area contributed by atoms with Gasteiger partial charge >= 0.3 is 0 Å². The van der Waals surface area contributed by atoms with E-state index in [2.05, 4.69) is 11.2 Å². The average Bonchev–Trinajstić information content (AvgIpc) is 2.50. The number of nitrogens with zero attached hydrogens (tertiary/aromatic N) is 2. The lowest BCUT2D eigenvalue weighted by molar-refractivity contribution is 0.456. The van der Waals surface area contributed by atoms with Crippen molar-refractivity contribution in [3.05, 3.63) is 29.5 Å². The third-order valence-corrected chi connectivity index (χ3v) is 1.74. The Kier molecular flexibility index (Phi) is 1.34. The van der Waals surface area contributed by atoms with Gasteiger partial charge in [0, 0.05) is 0 Å². The van der Waals surface area contributed by atoms with Gasteiger partial charge in [0.15, 0.2) is 5.58 Å². The predicted octanol–water partition coefficient (Wildman–Crippen LogP) is 2.01. The van der Waals surface area contributed by atoms with Gasteiger partial charge in [-0.05, 0) is 24.6 Å². The summed E-state index contributed by atoms with van der Waals surface area (Å²) in [4.78, 5) is 0. The van der Waals surface area contributed by atoms with Crippen LogP contribution in [0.15, 0.2) is 22.9 Å².